The summed E-state index contributed by atoms with van der Waals surface area (Å²) in [7, 11) is 2.18. The smallest absolute Gasteiger partial charge is 0.338 e. The van der Waals surface area contributed by atoms with Crippen molar-refractivity contribution in [3.8, 4) is 0 Å². The highest BCUT2D eigenvalue weighted by Crippen LogP contribution is 2.35. The van der Waals surface area contributed by atoms with E-state index in [1.54, 1.807) is 0 Å². The molecule has 106 valence electrons. The zero-order valence-corrected chi connectivity index (χ0v) is 11.9. The normalized spacial score (nSPS) is 29.1. The minimum Gasteiger partial charge on any atom is -0.459 e. The summed E-state index contributed by atoms with van der Waals surface area (Å²) in [5.74, 6) is -0.273. The lowest BCUT2D eigenvalue weighted by Gasteiger charge is -2.35. The Morgan fingerprint density at radius 3 is 2.40 bits per heavy atom. The summed E-state index contributed by atoms with van der Waals surface area (Å²) in [5.41, 5.74) is 1.30. The number of piperidine rings is 1. The topological polar surface area (TPSA) is 29.5 Å². The maximum Gasteiger partial charge on any atom is 0.338 e. The molecule has 3 nitrogen and oxygen atoms in total. The predicted octanol–water partition coefficient (Wildman–Crippen LogP) is 2.87. The molecule has 0 amide bonds. The van der Waals surface area contributed by atoms with E-state index in [2.05, 4.69) is 18.5 Å². The van der Waals surface area contributed by atoms with Gasteiger partial charge in [-0.2, -0.15) is 0 Å². The van der Waals surface area contributed by atoms with E-state index in [9.17, 15) is 4.79 Å². The Labute approximate surface area is 120 Å². The zero-order valence-electron chi connectivity index (χ0n) is 11.9. The zero-order chi connectivity index (χ0) is 14.1. The fourth-order valence-corrected chi connectivity index (χ4v) is 3.44. The second-order valence-corrected chi connectivity index (χ2v) is 5.89. The largest absolute Gasteiger partial charge is 0.459 e. The van der Waals surface area contributed by atoms with Crippen molar-refractivity contribution < 1.29 is 9.53 Å². The maximum absolute atomic E-state index is 12.2. The molecule has 0 radical (unpaired) electrons. The van der Waals surface area contributed by atoms with E-state index in [-0.39, 0.29) is 12.1 Å². The molecule has 0 saturated carbocycles. The van der Waals surface area contributed by atoms with Crippen LogP contribution in [0.25, 0.3) is 5.57 Å². The Morgan fingerprint density at radius 1 is 1.20 bits per heavy atom. The summed E-state index contributed by atoms with van der Waals surface area (Å²) in [6.45, 7) is 3.87. The molecule has 1 aromatic carbocycles. The fourth-order valence-electron chi connectivity index (χ4n) is 3.44. The van der Waals surface area contributed by atoms with E-state index in [0.717, 1.165) is 18.4 Å². The van der Waals surface area contributed by atoms with Crippen molar-refractivity contribution in [2.45, 2.75) is 43.9 Å². The SMILES string of the molecule is C=C(C(=O)OC1C[C@@H]2CC[C@@H](C1)N2C)c1ccccc1. The number of carbonyl (C=O) groups is 1. The molecule has 2 saturated heterocycles. The second kappa shape index (κ2) is 5.41. The van der Waals surface area contributed by atoms with Crippen molar-refractivity contribution in [2.75, 3.05) is 7.05 Å². The van der Waals surface area contributed by atoms with E-state index < -0.39 is 0 Å². The summed E-state index contributed by atoms with van der Waals surface area (Å²) in [5, 5.41) is 0. The molecule has 2 fully saturated rings. The molecule has 3 rings (SSSR count). The maximum atomic E-state index is 12.2. The second-order valence-electron chi connectivity index (χ2n) is 5.89. The molecule has 0 unspecified atom stereocenters. The Kier molecular flexibility index (Phi) is 3.62. The van der Waals surface area contributed by atoms with Crippen LogP contribution in [-0.2, 0) is 9.53 Å². The Morgan fingerprint density at radius 2 is 1.80 bits per heavy atom. The van der Waals surface area contributed by atoms with Gasteiger partial charge in [-0.05, 0) is 25.5 Å². The van der Waals surface area contributed by atoms with Crippen LogP contribution in [0.2, 0.25) is 0 Å². The molecule has 0 aromatic heterocycles. The average molecular weight is 271 g/mol. The van der Waals surface area contributed by atoms with Gasteiger partial charge in [0.25, 0.3) is 0 Å². The Hall–Kier alpha value is -1.61. The third-order valence-electron chi connectivity index (χ3n) is 4.70. The molecule has 0 aliphatic carbocycles. The van der Waals surface area contributed by atoms with E-state index in [0.29, 0.717) is 17.7 Å². The van der Waals surface area contributed by atoms with Crippen molar-refractivity contribution in [1.29, 1.82) is 0 Å². The van der Waals surface area contributed by atoms with Crippen molar-refractivity contribution in [3.63, 3.8) is 0 Å². The van der Waals surface area contributed by atoms with Gasteiger partial charge in [0.2, 0.25) is 0 Å². The summed E-state index contributed by atoms with van der Waals surface area (Å²) in [6, 6.07) is 10.7. The number of ether oxygens (including phenoxy) is 1. The van der Waals surface area contributed by atoms with Gasteiger partial charge in [0.05, 0.1) is 5.57 Å². The highest BCUT2D eigenvalue weighted by atomic mass is 16.5. The molecular weight excluding hydrogens is 250 g/mol. The van der Waals surface area contributed by atoms with Gasteiger partial charge in [0.1, 0.15) is 6.10 Å². The minimum atomic E-state index is -0.273. The molecule has 2 heterocycles. The lowest BCUT2D eigenvalue weighted by atomic mass is 10.0. The van der Waals surface area contributed by atoms with Gasteiger partial charge >= 0.3 is 5.97 Å². The van der Waals surface area contributed by atoms with Crippen LogP contribution < -0.4 is 0 Å². The predicted molar refractivity (Wildman–Crippen MR) is 79.2 cm³/mol. The summed E-state index contributed by atoms with van der Waals surface area (Å²) >= 11 is 0. The van der Waals surface area contributed by atoms with Crippen molar-refractivity contribution in [3.05, 3.63) is 42.5 Å². The number of esters is 1. The Bertz CT molecular complexity index is 497. The first kappa shape index (κ1) is 13.4. The third-order valence-corrected chi connectivity index (χ3v) is 4.70. The molecule has 2 aliphatic rings. The number of nitrogens with zero attached hydrogens (tertiary/aromatic N) is 1. The fraction of sp³-hybridized carbons (Fsp3) is 0.471. The van der Waals surface area contributed by atoms with Gasteiger partial charge in [-0.1, -0.05) is 36.9 Å². The third kappa shape index (κ3) is 2.50. The van der Waals surface area contributed by atoms with Crippen molar-refractivity contribution in [2.24, 2.45) is 0 Å². The van der Waals surface area contributed by atoms with Gasteiger partial charge in [0.15, 0.2) is 0 Å². The molecular formula is C17H21NO2. The highest BCUT2D eigenvalue weighted by molar-refractivity contribution is 6.15. The molecule has 3 heteroatoms. The van der Waals surface area contributed by atoms with Crippen molar-refractivity contribution in [1.82, 2.24) is 4.90 Å². The number of benzene rings is 1. The summed E-state index contributed by atoms with van der Waals surface area (Å²) < 4.78 is 5.67. The first-order valence-electron chi connectivity index (χ1n) is 7.32. The van der Waals surface area contributed by atoms with Gasteiger partial charge < -0.3 is 9.64 Å². The van der Waals surface area contributed by atoms with E-state index in [1.807, 2.05) is 30.3 Å². The molecule has 0 spiro atoms. The lowest BCUT2D eigenvalue weighted by Crippen LogP contribution is -2.43. The Balaban J connectivity index is 1.61. The summed E-state index contributed by atoms with van der Waals surface area (Å²) in [4.78, 5) is 14.6. The minimum absolute atomic E-state index is 0.0525. The molecule has 0 N–H and O–H groups in total. The number of fused-ring (bicyclic) bond motifs is 2. The van der Waals surface area contributed by atoms with Crippen LogP contribution in [0.5, 0.6) is 0 Å². The van der Waals surface area contributed by atoms with Crippen LogP contribution in [0.4, 0.5) is 0 Å². The van der Waals surface area contributed by atoms with Crippen LogP contribution in [0.15, 0.2) is 36.9 Å². The monoisotopic (exact) mass is 271 g/mol. The highest BCUT2D eigenvalue weighted by Gasteiger charge is 2.39. The van der Waals surface area contributed by atoms with Gasteiger partial charge in [-0.15, -0.1) is 0 Å². The van der Waals surface area contributed by atoms with Crippen LogP contribution >= 0.6 is 0 Å². The molecule has 1 aromatic rings. The first-order chi connectivity index (χ1) is 9.65. The number of hydrogen-bond acceptors (Lipinski definition) is 3. The standard InChI is InChI=1S/C17H21NO2/c1-12(13-6-4-3-5-7-13)17(19)20-16-10-14-8-9-15(11-16)18(14)2/h3-7,14-16H,1,8-11H2,2H3/t14-,15-/m0/s1. The first-order valence-corrected chi connectivity index (χ1v) is 7.32. The van der Waals surface area contributed by atoms with Crippen LogP contribution in [0.1, 0.15) is 31.2 Å². The van der Waals surface area contributed by atoms with E-state index >= 15 is 0 Å². The number of rotatable bonds is 3. The number of hydrogen-bond donors (Lipinski definition) is 0. The van der Waals surface area contributed by atoms with E-state index in [4.69, 9.17) is 4.74 Å². The van der Waals surface area contributed by atoms with Crippen LogP contribution in [0, 0.1) is 0 Å². The van der Waals surface area contributed by atoms with Crippen LogP contribution in [0.3, 0.4) is 0 Å². The molecule has 20 heavy (non-hydrogen) atoms. The number of carbonyl (C=O) groups excluding carboxylic acids is 1. The molecule has 2 bridgehead atoms. The average Bonchev–Trinajstić information content (AvgIpc) is 2.69. The molecule has 2 atom stereocenters. The van der Waals surface area contributed by atoms with Gasteiger partial charge in [-0.3, -0.25) is 0 Å². The van der Waals surface area contributed by atoms with Crippen LogP contribution in [-0.4, -0.2) is 36.1 Å². The lowest BCUT2D eigenvalue weighted by molar-refractivity contribution is -0.145. The van der Waals surface area contributed by atoms with Crippen molar-refractivity contribution >= 4 is 11.5 Å². The quantitative estimate of drug-likeness (QED) is 0.625. The molecule has 2 aliphatic heterocycles. The van der Waals surface area contributed by atoms with Gasteiger partial charge in [0, 0.05) is 24.9 Å². The summed E-state index contributed by atoms with van der Waals surface area (Å²) in [6.07, 6.45) is 4.43. The van der Waals surface area contributed by atoms with Gasteiger partial charge in [-0.25, -0.2) is 4.79 Å². The van der Waals surface area contributed by atoms with E-state index in [1.165, 1.54) is 12.8 Å².